The summed E-state index contributed by atoms with van der Waals surface area (Å²) in [6.07, 6.45) is 0. The summed E-state index contributed by atoms with van der Waals surface area (Å²) in [5, 5.41) is 10.1. The van der Waals surface area contributed by atoms with Crippen molar-refractivity contribution in [1.82, 2.24) is 0 Å². The lowest BCUT2D eigenvalue weighted by molar-refractivity contribution is -0.116. The molecule has 2 amide bonds. The van der Waals surface area contributed by atoms with Crippen molar-refractivity contribution in [2.75, 3.05) is 8.61 Å². The monoisotopic (exact) mass is 572 g/mol. The quantitative estimate of drug-likeness (QED) is 0.339. The molecule has 0 aromatic carbocycles. The van der Waals surface area contributed by atoms with E-state index in [2.05, 4.69) is 0 Å². The summed E-state index contributed by atoms with van der Waals surface area (Å²) in [5.41, 5.74) is 0.853. The number of sulfonamides is 2. The summed E-state index contributed by atoms with van der Waals surface area (Å²) in [7, 11) is -7.50. The van der Waals surface area contributed by atoms with Crippen molar-refractivity contribution in [1.29, 1.82) is 0 Å². The first-order chi connectivity index (χ1) is 16.1. The molecule has 4 aromatic heterocycles. The van der Waals surface area contributed by atoms with Crippen LogP contribution in [-0.4, -0.2) is 28.6 Å². The predicted octanol–water partition coefficient (Wildman–Crippen LogP) is 5.08. The maximum absolute atomic E-state index is 12.3. The summed E-state index contributed by atoms with van der Waals surface area (Å²) < 4.78 is 50.8. The lowest BCUT2D eigenvalue weighted by Crippen LogP contribution is -2.36. The Morgan fingerprint density at radius 1 is 0.882 bits per heavy atom. The van der Waals surface area contributed by atoms with E-state index in [0.29, 0.717) is 11.4 Å². The molecule has 0 bridgehead atoms. The average molecular weight is 573 g/mol. The van der Waals surface area contributed by atoms with Crippen molar-refractivity contribution in [2.45, 2.75) is 23.6 Å². The molecule has 0 saturated carbocycles. The van der Waals surface area contributed by atoms with Gasteiger partial charge in [-0.3, -0.25) is 9.59 Å². The summed E-state index contributed by atoms with van der Waals surface area (Å²) in [6, 6.07) is 6.31. The Bertz CT molecular complexity index is 1510. The topological polar surface area (TPSA) is 109 Å². The number of carbonyl (C=O) groups is 2. The molecule has 14 heteroatoms. The molecule has 0 fully saturated rings. The number of rotatable bonds is 3. The van der Waals surface area contributed by atoms with Crippen LogP contribution in [-0.2, 0) is 29.6 Å². The van der Waals surface area contributed by atoms with Gasteiger partial charge >= 0.3 is 0 Å². The Hall–Kier alpha value is -2.36. The van der Waals surface area contributed by atoms with Crippen molar-refractivity contribution < 1.29 is 26.4 Å². The molecular weight excluding hydrogens is 557 g/mol. The number of hydrogen-bond acceptors (Lipinski definition) is 10. The molecule has 0 spiro atoms. The average Bonchev–Trinajstić information content (AvgIpc) is 3.53. The van der Waals surface area contributed by atoms with Gasteiger partial charge in [0.15, 0.2) is 0 Å². The zero-order chi connectivity index (χ0) is 24.7. The number of fused-ring (bicyclic) bond motifs is 3. The molecule has 34 heavy (non-hydrogen) atoms. The van der Waals surface area contributed by atoms with Crippen LogP contribution in [0.3, 0.4) is 0 Å². The van der Waals surface area contributed by atoms with Crippen LogP contribution < -0.4 is 8.61 Å². The minimum Gasteiger partial charge on any atom is -0.274 e. The van der Waals surface area contributed by atoms with Gasteiger partial charge in [0.25, 0.3) is 20.0 Å². The lowest BCUT2D eigenvalue weighted by Gasteiger charge is -2.25. The van der Waals surface area contributed by atoms with Gasteiger partial charge in [-0.25, -0.2) is 25.4 Å². The lowest BCUT2D eigenvalue weighted by atomic mass is 10.3. The second-order valence-electron chi connectivity index (χ2n) is 6.77. The Balaban J connectivity index is 0.000000161. The summed E-state index contributed by atoms with van der Waals surface area (Å²) >= 11 is 5.45. The van der Waals surface area contributed by atoms with Crippen LogP contribution >= 0.6 is 45.3 Å². The molecule has 5 rings (SSSR count). The number of hydrogen-bond donors (Lipinski definition) is 0. The summed E-state index contributed by atoms with van der Waals surface area (Å²) in [6.45, 7) is 2.50. The number of thiophene rings is 4. The largest absolute Gasteiger partial charge is 0.274 e. The molecule has 0 radical (unpaired) electrons. The Kier molecular flexibility index (Phi) is 6.81. The third kappa shape index (κ3) is 4.25. The summed E-state index contributed by atoms with van der Waals surface area (Å²) in [4.78, 5) is 25.0. The minimum atomic E-state index is -3.78. The fraction of sp³-hybridized carbons (Fsp3) is 0.100. The first kappa shape index (κ1) is 24.8. The highest BCUT2D eigenvalue weighted by Gasteiger charge is 2.39. The van der Waals surface area contributed by atoms with Gasteiger partial charge < -0.3 is 0 Å². The first-order valence-electron chi connectivity index (χ1n) is 9.38. The molecule has 0 atom stereocenters. The molecular formula is C20H16N2O6S6. The normalized spacial score (nSPS) is 13.9. The SMILES string of the molecule is CC(=O)N(c1ccsc1)S(=O)(=O)c1ccsc1.CC(=O)N1c2ccsc2-c2sccc2S1(=O)=O. The van der Waals surface area contributed by atoms with E-state index in [1.54, 1.807) is 45.1 Å². The number of amides is 2. The maximum atomic E-state index is 12.3. The van der Waals surface area contributed by atoms with E-state index in [0.717, 1.165) is 18.4 Å². The Labute approximate surface area is 212 Å². The molecule has 0 aliphatic carbocycles. The second kappa shape index (κ2) is 9.36. The standard InChI is InChI=1S/C10H7NO3S3.C10H9NO3S3/c1-6(12)11-7-2-4-15-9(7)10-8(3-5-16-10)17(11,13)14;1-8(12)11(9-2-4-15-6-9)17(13,14)10-3-5-16-7-10/h2-5H,1H3;2-7H,1H3. The zero-order valence-electron chi connectivity index (χ0n) is 17.6. The van der Waals surface area contributed by atoms with Crippen molar-refractivity contribution in [2.24, 2.45) is 0 Å². The Morgan fingerprint density at radius 2 is 1.53 bits per heavy atom. The van der Waals surface area contributed by atoms with Gasteiger partial charge in [0.1, 0.15) is 4.90 Å². The molecule has 0 unspecified atom stereocenters. The van der Waals surface area contributed by atoms with E-state index in [4.69, 9.17) is 0 Å². The maximum Gasteiger partial charge on any atom is 0.272 e. The molecule has 1 aliphatic rings. The highest BCUT2D eigenvalue weighted by atomic mass is 32.2. The first-order valence-corrected chi connectivity index (χ1v) is 15.9. The number of carbonyl (C=O) groups excluding carboxylic acids is 2. The minimum absolute atomic E-state index is 0.143. The van der Waals surface area contributed by atoms with Crippen LogP contribution in [0.1, 0.15) is 13.8 Å². The molecule has 1 aliphatic heterocycles. The third-order valence-electron chi connectivity index (χ3n) is 4.56. The summed E-state index contributed by atoms with van der Waals surface area (Å²) in [5.74, 6) is -1.00. The zero-order valence-corrected chi connectivity index (χ0v) is 22.5. The van der Waals surface area contributed by atoms with E-state index >= 15 is 0 Å². The van der Waals surface area contributed by atoms with Gasteiger partial charge in [0, 0.05) is 24.6 Å². The number of anilines is 2. The number of nitrogens with zero attached hydrogens (tertiary/aromatic N) is 2. The predicted molar refractivity (Wildman–Crippen MR) is 137 cm³/mol. The molecule has 0 saturated heterocycles. The molecule has 178 valence electrons. The van der Waals surface area contributed by atoms with Gasteiger partial charge in [0.05, 0.1) is 26.0 Å². The van der Waals surface area contributed by atoms with Crippen LogP contribution in [0.5, 0.6) is 0 Å². The second-order valence-corrected chi connectivity index (χ2v) is 13.7. The van der Waals surface area contributed by atoms with Gasteiger partial charge in [-0.15, -0.1) is 22.7 Å². The van der Waals surface area contributed by atoms with Gasteiger partial charge in [-0.1, -0.05) is 0 Å². The molecule has 5 heterocycles. The van der Waals surface area contributed by atoms with Crippen LogP contribution in [0.15, 0.2) is 66.3 Å². The van der Waals surface area contributed by atoms with E-state index < -0.39 is 31.9 Å². The van der Waals surface area contributed by atoms with E-state index in [9.17, 15) is 26.4 Å². The fourth-order valence-corrected chi connectivity index (χ4v) is 10.4. The molecule has 8 nitrogen and oxygen atoms in total. The van der Waals surface area contributed by atoms with Crippen molar-refractivity contribution in [3.05, 3.63) is 56.5 Å². The van der Waals surface area contributed by atoms with Crippen LogP contribution in [0, 0.1) is 0 Å². The van der Waals surface area contributed by atoms with Gasteiger partial charge in [-0.05, 0) is 45.8 Å². The smallest absolute Gasteiger partial charge is 0.272 e. The van der Waals surface area contributed by atoms with Crippen molar-refractivity contribution in [3.8, 4) is 9.75 Å². The Morgan fingerprint density at radius 3 is 2.12 bits per heavy atom. The van der Waals surface area contributed by atoms with E-state index in [1.807, 2.05) is 0 Å². The van der Waals surface area contributed by atoms with Crippen LogP contribution in [0.25, 0.3) is 9.75 Å². The highest BCUT2D eigenvalue weighted by molar-refractivity contribution is 7.94. The van der Waals surface area contributed by atoms with Gasteiger partial charge in [0.2, 0.25) is 11.8 Å². The van der Waals surface area contributed by atoms with E-state index in [1.165, 1.54) is 70.6 Å². The van der Waals surface area contributed by atoms with E-state index in [-0.39, 0.29) is 9.79 Å². The fourth-order valence-electron chi connectivity index (χ4n) is 3.23. The van der Waals surface area contributed by atoms with Crippen LogP contribution in [0.4, 0.5) is 11.4 Å². The highest BCUT2D eigenvalue weighted by Crippen LogP contribution is 2.48. The molecule has 4 aromatic rings. The van der Waals surface area contributed by atoms with Gasteiger partial charge in [-0.2, -0.15) is 22.7 Å². The van der Waals surface area contributed by atoms with Crippen molar-refractivity contribution >= 4 is 88.6 Å². The van der Waals surface area contributed by atoms with Crippen molar-refractivity contribution in [3.63, 3.8) is 0 Å². The molecule has 0 N–H and O–H groups in total. The van der Waals surface area contributed by atoms with Crippen LogP contribution in [0.2, 0.25) is 0 Å². The third-order valence-corrected chi connectivity index (χ3v) is 11.8.